The number of thiophene rings is 1. The molecule has 4 nitrogen and oxygen atoms in total. The molecule has 2 aromatic rings. The van der Waals surface area contributed by atoms with E-state index in [2.05, 4.69) is 21.4 Å². The third kappa shape index (κ3) is 3.10. The Hall–Kier alpha value is -1.62. The Morgan fingerprint density at radius 3 is 2.95 bits per heavy atom. The molecule has 106 valence electrons. The van der Waals surface area contributed by atoms with Gasteiger partial charge in [0.2, 0.25) is 5.91 Å². The van der Waals surface area contributed by atoms with E-state index in [4.69, 9.17) is 0 Å². The summed E-state index contributed by atoms with van der Waals surface area (Å²) in [6.45, 7) is 1.71. The first kappa shape index (κ1) is 13.4. The highest BCUT2D eigenvalue weighted by Crippen LogP contribution is 2.25. The van der Waals surface area contributed by atoms with E-state index in [0.29, 0.717) is 12.3 Å². The zero-order chi connectivity index (χ0) is 13.8. The number of carbonyl (C=O) groups excluding carboxylic acids is 1. The third-order valence-electron chi connectivity index (χ3n) is 3.92. The number of amides is 1. The summed E-state index contributed by atoms with van der Waals surface area (Å²) in [7, 11) is 0. The number of aromatic amines is 1. The zero-order valence-electron chi connectivity index (χ0n) is 11.4. The molecule has 3 heterocycles. The van der Waals surface area contributed by atoms with Crippen LogP contribution in [0, 0.1) is 0 Å². The summed E-state index contributed by atoms with van der Waals surface area (Å²) >= 11 is 1.73. The lowest BCUT2D eigenvalue weighted by atomic mass is 9.96. The first-order chi connectivity index (χ1) is 9.83. The third-order valence-corrected chi connectivity index (χ3v) is 4.86. The molecule has 1 saturated heterocycles. The molecule has 0 aromatic carbocycles. The van der Waals surface area contributed by atoms with Gasteiger partial charge in [-0.1, -0.05) is 6.07 Å². The molecule has 2 aromatic heterocycles. The Kier molecular flexibility index (Phi) is 4.16. The van der Waals surface area contributed by atoms with Gasteiger partial charge in [-0.25, -0.2) is 4.98 Å². The van der Waals surface area contributed by atoms with E-state index >= 15 is 0 Å². The number of nitrogens with one attached hydrogen (secondary N) is 1. The molecule has 1 aliphatic rings. The highest BCUT2D eigenvalue weighted by atomic mass is 32.1. The number of rotatable bonds is 4. The van der Waals surface area contributed by atoms with Crippen molar-refractivity contribution < 1.29 is 4.79 Å². The second-order valence-corrected chi connectivity index (χ2v) is 6.24. The molecule has 0 unspecified atom stereocenters. The molecule has 0 atom stereocenters. The number of likely N-dealkylation sites (tertiary alicyclic amines) is 1. The van der Waals surface area contributed by atoms with Gasteiger partial charge in [-0.2, -0.15) is 0 Å². The maximum atomic E-state index is 12.2. The van der Waals surface area contributed by atoms with Gasteiger partial charge in [0, 0.05) is 42.7 Å². The standard InChI is InChI=1S/C15H19N3OS/c19-14(4-3-13-2-1-11-20-13)18-9-5-12(6-10-18)15-16-7-8-17-15/h1-2,7-8,11-12H,3-6,9-10H2,(H,16,17). The van der Waals surface area contributed by atoms with Crippen LogP contribution in [0.5, 0.6) is 0 Å². The van der Waals surface area contributed by atoms with Crippen LogP contribution < -0.4 is 0 Å². The number of aryl methyl sites for hydroxylation is 1. The van der Waals surface area contributed by atoms with Gasteiger partial charge in [0.1, 0.15) is 5.82 Å². The zero-order valence-corrected chi connectivity index (χ0v) is 12.2. The number of hydrogen-bond donors (Lipinski definition) is 1. The second-order valence-electron chi connectivity index (χ2n) is 5.21. The van der Waals surface area contributed by atoms with E-state index in [1.807, 2.05) is 17.2 Å². The summed E-state index contributed by atoms with van der Waals surface area (Å²) in [5.74, 6) is 1.83. The highest BCUT2D eigenvalue weighted by molar-refractivity contribution is 7.09. The number of hydrogen-bond acceptors (Lipinski definition) is 3. The van der Waals surface area contributed by atoms with Gasteiger partial charge < -0.3 is 9.88 Å². The number of imidazole rings is 1. The van der Waals surface area contributed by atoms with E-state index in [1.165, 1.54) is 4.88 Å². The van der Waals surface area contributed by atoms with Crippen molar-refractivity contribution in [2.45, 2.75) is 31.6 Å². The van der Waals surface area contributed by atoms with Gasteiger partial charge in [-0.15, -0.1) is 11.3 Å². The second kappa shape index (κ2) is 6.22. The fourth-order valence-electron chi connectivity index (χ4n) is 2.75. The molecule has 1 aliphatic heterocycles. The topological polar surface area (TPSA) is 49.0 Å². The van der Waals surface area contributed by atoms with Crippen molar-refractivity contribution in [1.29, 1.82) is 0 Å². The van der Waals surface area contributed by atoms with Crippen LogP contribution in [0.2, 0.25) is 0 Å². The number of carbonyl (C=O) groups is 1. The van der Waals surface area contributed by atoms with Gasteiger partial charge in [0.05, 0.1) is 0 Å². The lowest BCUT2D eigenvalue weighted by molar-refractivity contribution is -0.132. The SMILES string of the molecule is O=C(CCc1cccs1)N1CCC(c2ncc[nH]2)CC1. The van der Waals surface area contributed by atoms with E-state index in [1.54, 1.807) is 17.5 Å². The largest absolute Gasteiger partial charge is 0.348 e. The number of H-pyrrole nitrogens is 1. The van der Waals surface area contributed by atoms with Gasteiger partial charge in [0.15, 0.2) is 0 Å². The normalized spacial score (nSPS) is 16.5. The van der Waals surface area contributed by atoms with E-state index in [0.717, 1.165) is 38.2 Å². The quantitative estimate of drug-likeness (QED) is 0.941. The molecule has 3 rings (SSSR count). The molecule has 0 aliphatic carbocycles. The fraction of sp³-hybridized carbons (Fsp3) is 0.467. The predicted molar refractivity (Wildman–Crippen MR) is 79.8 cm³/mol. The summed E-state index contributed by atoms with van der Waals surface area (Å²) in [5.41, 5.74) is 0. The van der Waals surface area contributed by atoms with Crippen LogP contribution in [0.1, 0.15) is 35.9 Å². The van der Waals surface area contributed by atoms with Crippen LogP contribution in [0.25, 0.3) is 0 Å². The van der Waals surface area contributed by atoms with Gasteiger partial charge in [-0.05, 0) is 30.7 Å². The average Bonchev–Trinajstić information content (AvgIpc) is 3.18. The van der Waals surface area contributed by atoms with Crippen molar-refractivity contribution in [3.63, 3.8) is 0 Å². The minimum atomic E-state index is 0.288. The number of piperidine rings is 1. The molecule has 0 radical (unpaired) electrons. The van der Waals surface area contributed by atoms with Gasteiger partial charge in [-0.3, -0.25) is 4.79 Å². The van der Waals surface area contributed by atoms with Crippen LogP contribution in [-0.2, 0) is 11.2 Å². The first-order valence-electron chi connectivity index (χ1n) is 7.12. The molecule has 1 amide bonds. The lowest BCUT2D eigenvalue weighted by Gasteiger charge is -2.31. The Labute approximate surface area is 122 Å². The summed E-state index contributed by atoms with van der Waals surface area (Å²) in [6.07, 6.45) is 7.19. The Morgan fingerprint density at radius 1 is 1.45 bits per heavy atom. The highest BCUT2D eigenvalue weighted by Gasteiger charge is 2.24. The number of nitrogens with zero attached hydrogens (tertiary/aromatic N) is 2. The van der Waals surface area contributed by atoms with Crippen LogP contribution in [0.4, 0.5) is 0 Å². The molecule has 20 heavy (non-hydrogen) atoms. The molecule has 0 spiro atoms. The molecule has 1 fully saturated rings. The molecular weight excluding hydrogens is 270 g/mol. The van der Waals surface area contributed by atoms with E-state index < -0.39 is 0 Å². The smallest absolute Gasteiger partial charge is 0.222 e. The lowest BCUT2D eigenvalue weighted by Crippen LogP contribution is -2.38. The van der Waals surface area contributed by atoms with Crippen LogP contribution in [0.15, 0.2) is 29.9 Å². The van der Waals surface area contributed by atoms with Crippen molar-refractivity contribution in [3.8, 4) is 0 Å². The molecule has 0 bridgehead atoms. The summed E-state index contributed by atoms with van der Waals surface area (Å²) < 4.78 is 0. The van der Waals surface area contributed by atoms with Crippen molar-refractivity contribution in [2.24, 2.45) is 0 Å². The van der Waals surface area contributed by atoms with Gasteiger partial charge in [0.25, 0.3) is 0 Å². The van der Waals surface area contributed by atoms with Crippen molar-refractivity contribution >= 4 is 17.2 Å². The monoisotopic (exact) mass is 289 g/mol. The minimum absolute atomic E-state index is 0.288. The predicted octanol–water partition coefficient (Wildman–Crippen LogP) is 2.81. The van der Waals surface area contributed by atoms with Crippen LogP contribution >= 0.6 is 11.3 Å². The fourth-order valence-corrected chi connectivity index (χ4v) is 3.46. The van der Waals surface area contributed by atoms with Crippen molar-refractivity contribution in [1.82, 2.24) is 14.9 Å². The maximum Gasteiger partial charge on any atom is 0.222 e. The molecule has 0 saturated carbocycles. The summed E-state index contributed by atoms with van der Waals surface area (Å²) in [4.78, 5) is 23.0. The molecule has 1 N–H and O–H groups in total. The van der Waals surface area contributed by atoms with Crippen LogP contribution in [0.3, 0.4) is 0 Å². The van der Waals surface area contributed by atoms with E-state index in [-0.39, 0.29) is 5.91 Å². The maximum absolute atomic E-state index is 12.2. The Bertz CT molecular complexity index is 527. The molecule has 5 heteroatoms. The average molecular weight is 289 g/mol. The Morgan fingerprint density at radius 2 is 2.30 bits per heavy atom. The number of aromatic nitrogens is 2. The Balaban J connectivity index is 1.46. The summed E-state index contributed by atoms with van der Waals surface area (Å²) in [5, 5.41) is 2.06. The first-order valence-corrected chi connectivity index (χ1v) is 8.00. The molecular formula is C15H19N3OS. The summed E-state index contributed by atoms with van der Waals surface area (Å²) in [6, 6.07) is 4.14. The van der Waals surface area contributed by atoms with Crippen LogP contribution in [-0.4, -0.2) is 33.9 Å². The van der Waals surface area contributed by atoms with Crippen molar-refractivity contribution in [2.75, 3.05) is 13.1 Å². The van der Waals surface area contributed by atoms with Gasteiger partial charge >= 0.3 is 0 Å². The van der Waals surface area contributed by atoms with E-state index in [9.17, 15) is 4.79 Å². The van der Waals surface area contributed by atoms with Crippen molar-refractivity contribution in [3.05, 3.63) is 40.6 Å². The minimum Gasteiger partial charge on any atom is -0.348 e.